The number of hydrogen-bond donors (Lipinski definition) is 2. The average Bonchev–Trinajstić information content (AvgIpc) is 2.82. The Balaban J connectivity index is 2.17. The molecule has 1 unspecified atom stereocenters. The molecule has 0 aromatic heterocycles. The van der Waals surface area contributed by atoms with E-state index in [0.29, 0.717) is 6.04 Å². The molecule has 2 aromatic rings. The van der Waals surface area contributed by atoms with Crippen LogP contribution in [-0.4, -0.2) is 17.1 Å². The number of anilines is 2. The van der Waals surface area contributed by atoms with Crippen molar-refractivity contribution in [1.82, 2.24) is 0 Å². The summed E-state index contributed by atoms with van der Waals surface area (Å²) >= 11 is 0. The summed E-state index contributed by atoms with van der Waals surface area (Å²) in [7, 11) is 0. The Hall–Kier alpha value is -2.49. The fourth-order valence-electron chi connectivity index (χ4n) is 3.05. The van der Waals surface area contributed by atoms with Crippen molar-refractivity contribution >= 4 is 17.2 Å². The summed E-state index contributed by atoms with van der Waals surface area (Å²) in [6, 6.07) is 14.8. The van der Waals surface area contributed by atoms with Crippen molar-refractivity contribution in [3.05, 3.63) is 59.2 Å². The van der Waals surface area contributed by atoms with Crippen LogP contribution in [0.1, 0.15) is 23.6 Å². The number of rotatable bonds is 2. The van der Waals surface area contributed by atoms with Gasteiger partial charge in [-0.1, -0.05) is 35.0 Å². The van der Waals surface area contributed by atoms with E-state index in [4.69, 9.17) is 10.9 Å². The van der Waals surface area contributed by atoms with E-state index in [9.17, 15) is 0 Å². The zero-order valence-electron chi connectivity index (χ0n) is 12.2. The molecule has 0 amide bonds. The Morgan fingerprint density at radius 2 is 2.00 bits per heavy atom. The minimum atomic E-state index is 0.144. The van der Waals surface area contributed by atoms with Gasteiger partial charge in [0, 0.05) is 17.3 Å². The number of amidine groups is 1. The largest absolute Gasteiger partial charge is 0.409 e. The van der Waals surface area contributed by atoms with E-state index < -0.39 is 0 Å². The molecule has 0 spiro atoms. The molecule has 2 aromatic carbocycles. The SMILES string of the molecule is Cc1ccc(N2c3ccccc3CC2C)c(/C(N)=N/O)c1. The third-order valence-corrected chi connectivity index (χ3v) is 4.00. The van der Waals surface area contributed by atoms with Gasteiger partial charge in [-0.2, -0.15) is 0 Å². The molecule has 21 heavy (non-hydrogen) atoms. The van der Waals surface area contributed by atoms with Crippen LogP contribution >= 0.6 is 0 Å². The predicted octanol–water partition coefficient (Wildman–Crippen LogP) is 3.17. The van der Waals surface area contributed by atoms with Gasteiger partial charge in [-0.05, 0) is 44.0 Å². The first kappa shape index (κ1) is 13.5. The zero-order valence-corrected chi connectivity index (χ0v) is 12.2. The van der Waals surface area contributed by atoms with E-state index in [1.807, 2.05) is 25.1 Å². The highest BCUT2D eigenvalue weighted by molar-refractivity contribution is 6.03. The van der Waals surface area contributed by atoms with Crippen molar-refractivity contribution < 1.29 is 5.21 Å². The third kappa shape index (κ3) is 2.23. The second-order valence-electron chi connectivity index (χ2n) is 5.56. The van der Waals surface area contributed by atoms with Crippen LogP contribution in [0, 0.1) is 6.92 Å². The number of oxime groups is 1. The van der Waals surface area contributed by atoms with Gasteiger partial charge in [0.1, 0.15) is 0 Å². The van der Waals surface area contributed by atoms with Gasteiger partial charge in [-0.3, -0.25) is 0 Å². The number of hydrogen-bond acceptors (Lipinski definition) is 3. The Kier molecular flexibility index (Phi) is 3.29. The number of para-hydroxylation sites is 1. The Morgan fingerprint density at radius 3 is 2.76 bits per heavy atom. The summed E-state index contributed by atoms with van der Waals surface area (Å²) < 4.78 is 0. The molecule has 4 nitrogen and oxygen atoms in total. The standard InChI is InChI=1S/C17H19N3O/c1-11-7-8-16(14(9-11)17(18)19-21)20-12(2)10-13-5-3-4-6-15(13)20/h3-9,12,21H,10H2,1-2H3,(H2,18,19). The predicted molar refractivity (Wildman–Crippen MR) is 85.4 cm³/mol. The van der Waals surface area contributed by atoms with Crippen LogP contribution in [0.15, 0.2) is 47.6 Å². The molecule has 3 N–H and O–H groups in total. The lowest BCUT2D eigenvalue weighted by Gasteiger charge is -2.27. The molecule has 1 heterocycles. The van der Waals surface area contributed by atoms with Crippen LogP contribution in [0.25, 0.3) is 0 Å². The molecule has 3 rings (SSSR count). The summed E-state index contributed by atoms with van der Waals surface area (Å²) in [6.07, 6.45) is 1.000. The minimum Gasteiger partial charge on any atom is -0.409 e. The van der Waals surface area contributed by atoms with Gasteiger partial charge in [0.15, 0.2) is 5.84 Å². The van der Waals surface area contributed by atoms with E-state index >= 15 is 0 Å². The topological polar surface area (TPSA) is 61.8 Å². The van der Waals surface area contributed by atoms with Gasteiger partial charge >= 0.3 is 0 Å². The third-order valence-electron chi connectivity index (χ3n) is 4.00. The number of benzene rings is 2. The summed E-state index contributed by atoms with van der Waals surface area (Å²) in [5, 5.41) is 12.2. The summed E-state index contributed by atoms with van der Waals surface area (Å²) in [5.74, 6) is 0.144. The maximum atomic E-state index is 9.05. The quantitative estimate of drug-likeness (QED) is 0.385. The van der Waals surface area contributed by atoms with Crippen molar-refractivity contribution in [2.24, 2.45) is 10.9 Å². The van der Waals surface area contributed by atoms with E-state index in [2.05, 4.69) is 41.2 Å². The van der Waals surface area contributed by atoms with Crippen LogP contribution in [0.2, 0.25) is 0 Å². The van der Waals surface area contributed by atoms with Crippen molar-refractivity contribution in [2.45, 2.75) is 26.3 Å². The molecule has 108 valence electrons. The smallest absolute Gasteiger partial charge is 0.172 e. The summed E-state index contributed by atoms with van der Waals surface area (Å²) in [4.78, 5) is 2.27. The summed E-state index contributed by atoms with van der Waals surface area (Å²) in [5.41, 5.74) is 11.2. The summed E-state index contributed by atoms with van der Waals surface area (Å²) in [6.45, 7) is 4.19. The molecule has 1 aliphatic heterocycles. The van der Waals surface area contributed by atoms with E-state index in [1.165, 1.54) is 11.3 Å². The van der Waals surface area contributed by atoms with Crippen molar-refractivity contribution in [3.8, 4) is 0 Å². The van der Waals surface area contributed by atoms with Gasteiger partial charge in [-0.15, -0.1) is 0 Å². The second kappa shape index (κ2) is 5.13. The molecule has 0 saturated carbocycles. The number of nitrogens with zero attached hydrogens (tertiary/aromatic N) is 2. The maximum absolute atomic E-state index is 9.05. The molecule has 4 heteroatoms. The molecule has 1 atom stereocenters. The fraction of sp³-hybridized carbons (Fsp3) is 0.235. The van der Waals surface area contributed by atoms with Crippen molar-refractivity contribution in [3.63, 3.8) is 0 Å². The van der Waals surface area contributed by atoms with E-state index in [0.717, 1.165) is 23.2 Å². The van der Waals surface area contributed by atoms with Gasteiger partial charge < -0.3 is 15.8 Å². The number of fused-ring (bicyclic) bond motifs is 1. The lowest BCUT2D eigenvalue weighted by molar-refractivity contribution is 0.318. The van der Waals surface area contributed by atoms with Crippen molar-refractivity contribution in [2.75, 3.05) is 4.90 Å². The highest BCUT2D eigenvalue weighted by Gasteiger charge is 2.28. The van der Waals surface area contributed by atoms with Crippen LogP contribution < -0.4 is 10.6 Å². The average molecular weight is 281 g/mol. The fourth-order valence-corrected chi connectivity index (χ4v) is 3.05. The highest BCUT2D eigenvalue weighted by atomic mass is 16.4. The molecule has 0 bridgehead atoms. The maximum Gasteiger partial charge on any atom is 0.172 e. The number of aryl methyl sites for hydroxylation is 1. The molecular formula is C17H19N3O. The molecule has 0 aliphatic carbocycles. The van der Waals surface area contributed by atoms with Crippen LogP contribution in [0.4, 0.5) is 11.4 Å². The zero-order chi connectivity index (χ0) is 15.0. The molecule has 0 saturated heterocycles. The Labute approximate surface area is 124 Å². The molecule has 1 aliphatic rings. The second-order valence-corrected chi connectivity index (χ2v) is 5.56. The lowest BCUT2D eigenvalue weighted by Crippen LogP contribution is -2.27. The van der Waals surface area contributed by atoms with E-state index in [1.54, 1.807) is 0 Å². The minimum absolute atomic E-state index is 0.144. The Morgan fingerprint density at radius 1 is 1.24 bits per heavy atom. The molecule has 0 radical (unpaired) electrons. The Bertz CT molecular complexity index is 709. The molecule has 0 fully saturated rings. The highest BCUT2D eigenvalue weighted by Crippen LogP contribution is 2.39. The van der Waals surface area contributed by atoms with Crippen LogP contribution in [0.3, 0.4) is 0 Å². The monoisotopic (exact) mass is 281 g/mol. The first-order chi connectivity index (χ1) is 10.1. The number of nitrogens with two attached hydrogens (primary N) is 1. The van der Waals surface area contributed by atoms with Gasteiger partial charge in [0.2, 0.25) is 0 Å². The molecular weight excluding hydrogens is 262 g/mol. The van der Waals surface area contributed by atoms with Crippen LogP contribution in [-0.2, 0) is 6.42 Å². The van der Waals surface area contributed by atoms with Gasteiger partial charge in [-0.25, -0.2) is 0 Å². The van der Waals surface area contributed by atoms with Gasteiger partial charge in [0.05, 0.1) is 5.69 Å². The van der Waals surface area contributed by atoms with Crippen LogP contribution in [0.5, 0.6) is 0 Å². The van der Waals surface area contributed by atoms with Gasteiger partial charge in [0.25, 0.3) is 0 Å². The van der Waals surface area contributed by atoms with E-state index in [-0.39, 0.29) is 5.84 Å². The lowest BCUT2D eigenvalue weighted by atomic mass is 10.1. The first-order valence-corrected chi connectivity index (χ1v) is 7.07. The van der Waals surface area contributed by atoms with Crippen molar-refractivity contribution in [1.29, 1.82) is 0 Å². The first-order valence-electron chi connectivity index (χ1n) is 7.07. The normalized spacial score (nSPS) is 17.9.